The molecule has 9 atom stereocenters. The number of ether oxygens (including phenoxy) is 3. The lowest BCUT2D eigenvalue weighted by atomic mass is 9.53. The number of nitrogens with one attached hydrogen (secondary N) is 4. The maximum Gasteiger partial charge on any atom is 0.333 e. The van der Waals surface area contributed by atoms with Gasteiger partial charge in [0.25, 0.3) is 0 Å². The van der Waals surface area contributed by atoms with E-state index in [4.69, 9.17) is 14.2 Å². The van der Waals surface area contributed by atoms with Gasteiger partial charge in [0.15, 0.2) is 17.6 Å². The van der Waals surface area contributed by atoms with Crippen molar-refractivity contribution < 1.29 is 48.4 Å². The van der Waals surface area contributed by atoms with Crippen LogP contribution in [-0.4, -0.2) is 102 Å². The van der Waals surface area contributed by atoms with Crippen molar-refractivity contribution in [2.24, 2.45) is 5.92 Å². The maximum atomic E-state index is 13.9. The fourth-order valence-corrected chi connectivity index (χ4v) is 8.74. The minimum atomic E-state index is -1.41. The first-order chi connectivity index (χ1) is 24.4. The topological polar surface area (TPSA) is 205 Å². The molecule has 51 heavy (non-hydrogen) atoms. The fraction of sp³-hybridized carbons (Fsp3) is 0.618. The summed E-state index contributed by atoms with van der Waals surface area (Å²) in [5, 5.41) is 29.8. The Labute approximate surface area is 301 Å². The summed E-state index contributed by atoms with van der Waals surface area (Å²) in [4.78, 5) is 66.1. The smallest absolute Gasteiger partial charge is 0.333 e. The van der Waals surface area contributed by atoms with Crippen molar-refractivity contribution in [1.29, 1.82) is 0 Å². The Morgan fingerprint density at radius 1 is 1.00 bits per heavy atom. The summed E-state index contributed by atoms with van der Waals surface area (Å²) in [6, 6.07) is 0.839. The molecule has 17 heteroatoms. The first-order valence-corrected chi connectivity index (χ1v) is 18.5. The van der Waals surface area contributed by atoms with Crippen LogP contribution in [0.3, 0.4) is 0 Å². The number of carboxylic acid groups (broad SMARTS) is 2. The Morgan fingerprint density at radius 2 is 1.69 bits per heavy atom. The van der Waals surface area contributed by atoms with Crippen LogP contribution in [0.15, 0.2) is 24.0 Å². The number of methoxy groups -OCH3 is 1. The van der Waals surface area contributed by atoms with E-state index >= 15 is 0 Å². The van der Waals surface area contributed by atoms with Gasteiger partial charge in [0, 0.05) is 29.9 Å². The van der Waals surface area contributed by atoms with Crippen LogP contribution in [0, 0.1) is 5.92 Å². The van der Waals surface area contributed by atoms with Gasteiger partial charge in [-0.25, -0.2) is 4.79 Å². The summed E-state index contributed by atoms with van der Waals surface area (Å²) in [5.41, 5.74) is 1.81. The lowest BCUT2D eigenvalue weighted by Crippen LogP contribution is -2.63. The third kappa shape index (κ3) is 8.18. The molecule has 0 aromatic heterocycles. The van der Waals surface area contributed by atoms with E-state index in [0.717, 1.165) is 37.9 Å². The van der Waals surface area contributed by atoms with E-state index < -0.39 is 72.2 Å². The van der Waals surface area contributed by atoms with Gasteiger partial charge in [-0.05, 0) is 88.7 Å². The van der Waals surface area contributed by atoms with Gasteiger partial charge in [0.2, 0.25) is 11.8 Å². The van der Waals surface area contributed by atoms with Crippen molar-refractivity contribution in [3.05, 3.63) is 35.1 Å². The highest BCUT2D eigenvalue weighted by Gasteiger charge is 2.65. The normalized spacial score (nSPS) is 24.5. The van der Waals surface area contributed by atoms with Crippen LogP contribution in [0.4, 0.5) is 0 Å². The molecule has 2 heterocycles. The number of hydrogen-bond donors (Lipinski definition) is 6. The average Bonchev–Trinajstić information content (AvgIpc) is 3.45. The number of carboxylic acids is 2. The molecule has 5 rings (SSSR count). The number of benzene rings is 1. The van der Waals surface area contributed by atoms with Crippen LogP contribution in [0.25, 0.3) is 0 Å². The second-order valence-electron chi connectivity index (χ2n) is 13.7. The van der Waals surface area contributed by atoms with E-state index in [9.17, 15) is 34.2 Å². The van der Waals surface area contributed by atoms with Crippen LogP contribution in [0.1, 0.15) is 68.9 Å². The Kier molecular flexibility index (Phi) is 12.9. The SMILES string of the molecule is COc1ccc2c3c1O[C@H]1C(OC(=O)C(CCC(=O)O)NC(=O)C(CCC(=O)O)NC(=O)[C@H](CCCCNP)NP)=CC[C@H]4[C@@H](C2)N(C)CC[C@]314. The number of aliphatic carboxylic acids is 2. The maximum absolute atomic E-state index is 13.9. The minimum absolute atomic E-state index is 0.202. The number of carbonyl (C=O) groups is 5. The Bertz CT molecular complexity index is 1540. The zero-order chi connectivity index (χ0) is 36.9. The molecule has 2 bridgehead atoms. The van der Waals surface area contributed by atoms with Gasteiger partial charge in [-0.15, -0.1) is 0 Å². The summed E-state index contributed by atoms with van der Waals surface area (Å²) >= 11 is 0. The van der Waals surface area contributed by atoms with E-state index in [1.807, 2.05) is 12.1 Å². The van der Waals surface area contributed by atoms with Gasteiger partial charge in [0.1, 0.15) is 17.8 Å². The number of amides is 2. The van der Waals surface area contributed by atoms with E-state index in [-0.39, 0.29) is 24.8 Å². The molecule has 4 aliphatic rings. The van der Waals surface area contributed by atoms with Gasteiger partial charge in [-0.2, -0.15) is 0 Å². The molecule has 1 saturated heterocycles. The standard InChI is InChI=1S/C34H49N5O10P2/c1-39-16-14-34-19-7-11-25(30(34)49-29-24(47-2)10-6-18(28(29)34)17-23(19)39)48-33(46)22(9-13-27(42)43)37-31(44)20(8-12-26(40)41)36-32(45)21(38-51)5-3-4-15-35-50/h6,10-11,19-23,30,35,38H,3-5,7-9,12-17,50-51H2,1-2H3,(H,36,45)(H,37,44)(H,40,41)(H,42,43)/t19-,20?,21-,22?,23+,30-,34-/m0/s1. The Morgan fingerprint density at radius 3 is 2.35 bits per heavy atom. The number of hydrogen-bond acceptors (Lipinski definition) is 11. The van der Waals surface area contributed by atoms with Gasteiger partial charge in [-0.1, -0.05) is 31.3 Å². The van der Waals surface area contributed by atoms with Gasteiger partial charge in [0.05, 0.1) is 13.2 Å². The van der Waals surface area contributed by atoms with Gasteiger partial charge in [-0.3, -0.25) is 24.3 Å². The number of carbonyl (C=O) groups excluding carboxylic acids is 3. The second kappa shape index (κ2) is 17.0. The predicted octanol–water partition coefficient (Wildman–Crippen LogP) is 1.40. The van der Waals surface area contributed by atoms with Gasteiger partial charge >= 0.3 is 17.9 Å². The highest BCUT2D eigenvalue weighted by Crippen LogP contribution is 2.63. The number of piperidine rings is 1. The van der Waals surface area contributed by atoms with E-state index in [1.54, 1.807) is 7.11 Å². The molecule has 2 aliphatic carbocycles. The summed E-state index contributed by atoms with van der Waals surface area (Å²) < 4.78 is 18.4. The molecule has 6 N–H and O–H groups in total. The summed E-state index contributed by atoms with van der Waals surface area (Å²) in [5.74, 6) is -2.85. The molecular formula is C34H49N5O10P2. The first-order valence-electron chi connectivity index (χ1n) is 17.4. The lowest BCUT2D eigenvalue weighted by molar-refractivity contribution is -0.148. The monoisotopic (exact) mass is 749 g/mol. The number of likely N-dealkylation sites (N-methyl/N-ethyl adjacent to an activating group) is 1. The molecule has 4 unspecified atom stereocenters. The largest absolute Gasteiger partial charge is 0.493 e. The van der Waals surface area contributed by atoms with Crippen LogP contribution in [0.5, 0.6) is 11.5 Å². The van der Waals surface area contributed by atoms with E-state index in [1.165, 1.54) is 5.56 Å². The minimum Gasteiger partial charge on any atom is -0.493 e. The zero-order valence-electron chi connectivity index (χ0n) is 28.9. The molecule has 280 valence electrons. The van der Waals surface area contributed by atoms with Gasteiger partial charge < -0.3 is 45.0 Å². The number of esters is 1. The van der Waals surface area contributed by atoms with Crippen molar-refractivity contribution >= 4 is 48.5 Å². The molecule has 15 nitrogen and oxygen atoms in total. The van der Waals surface area contributed by atoms with Crippen LogP contribution in [0.2, 0.25) is 0 Å². The Hall–Kier alpha value is -3.35. The van der Waals surface area contributed by atoms with Crippen molar-refractivity contribution in [2.45, 2.75) is 99.9 Å². The molecule has 0 saturated carbocycles. The Balaban J connectivity index is 1.35. The number of allylic oxidation sites excluding steroid dienone is 1. The molecule has 1 aromatic rings. The third-order valence-corrected chi connectivity index (χ3v) is 11.4. The number of rotatable bonds is 19. The van der Waals surface area contributed by atoms with Crippen LogP contribution in [-0.2, 0) is 40.5 Å². The average molecular weight is 750 g/mol. The summed E-state index contributed by atoms with van der Waals surface area (Å²) in [6.07, 6.45) is 4.01. The molecular weight excluding hydrogens is 700 g/mol. The molecule has 2 aliphatic heterocycles. The highest BCUT2D eigenvalue weighted by atomic mass is 31.0. The number of likely N-dealkylation sites (tertiary alicyclic amines) is 1. The quantitative estimate of drug-likeness (QED) is 0.0674. The van der Waals surface area contributed by atoms with Crippen molar-refractivity contribution in [3.8, 4) is 11.5 Å². The van der Waals surface area contributed by atoms with Crippen molar-refractivity contribution in [2.75, 3.05) is 27.2 Å². The zero-order valence-corrected chi connectivity index (χ0v) is 31.3. The second-order valence-corrected chi connectivity index (χ2v) is 14.4. The molecule has 0 radical (unpaired) electrons. The number of unbranched alkanes of at least 4 members (excludes halogenated alkanes) is 1. The summed E-state index contributed by atoms with van der Waals surface area (Å²) in [6.45, 7) is 1.56. The van der Waals surface area contributed by atoms with Crippen molar-refractivity contribution in [1.82, 2.24) is 25.7 Å². The predicted molar refractivity (Wildman–Crippen MR) is 192 cm³/mol. The molecule has 1 spiro atoms. The highest BCUT2D eigenvalue weighted by molar-refractivity contribution is 7.13. The van der Waals surface area contributed by atoms with Crippen LogP contribution < -0.4 is 30.3 Å². The molecule has 2 amide bonds. The van der Waals surface area contributed by atoms with Crippen molar-refractivity contribution in [3.63, 3.8) is 0 Å². The molecule has 1 aromatic carbocycles. The number of nitrogens with zero attached hydrogens (tertiary/aromatic N) is 1. The molecule has 1 fully saturated rings. The van der Waals surface area contributed by atoms with E-state index in [2.05, 4.69) is 57.6 Å². The third-order valence-electron chi connectivity index (χ3n) is 10.8. The fourth-order valence-electron chi connectivity index (χ4n) is 8.21. The van der Waals surface area contributed by atoms with Crippen LogP contribution >= 0.6 is 18.8 Å². The van der Waals surface area contributed by atoms with E-state index in [0.29, 0.717) is 36.5 Å². The summed E-state index contributed by atoms with van der Waals surface area (Å²) in [7, 11) is 8.40. The lowest BCUT2D eigenvalue weighted by Gasteiger charge is -2.56. The first kappa shape index (κ1) is 38.9.